The summed E-state index contributed by atoms with van der Waals surface area (Å²) < 4.78 is 1.37. The number of nitrogens with zero attached hydrogens (tertiary/aromatic N) is 2. The topological polar surface area (TPSA) is 34.9 Å². The fourth-order valence-electron chi connectivity index (χ4n) is 2.06. The quantitative estimate of drug-likeness (QED) is 0.722. The molecule has 0 aliphatic heterocycles. The number of hydrogen-bond donors (Lipinski definition) is 0. The maximum absolute atomic E-state index is 12.4. The largest absolute Gasteiger partial charge is 0.275 e. The first-order valence-electron chi connectivity index (χ1n) is 6.05. The lowest BCUT2D eigenvalue weighted by molar-refractivity contribution is 0.648. The zero-order chi connectivity index (χ0) is 14.1. The van der Waals surface area contributed by atoms with Crippen LogP contribution in [0.25, 0.3) is 10.8 Å². The molecule has 3 rings (SSSR count). The van der Waals surface area contributed by atoms with E-state index in [1.54, 1.807) is 24.3 Å². The van der Waals surface area contributed by atoms with Gasteiger partial charge in [-0.2, -0.15) is 5.10 Å². The van der Waals surface area contributed by atoms with Crippen molar-refractivity contribution in [1.82, 2.24) is 9.78 Å². The maximum atomic E-state index is 12.4. The standard InChI is InChI=1S/C15H10Cl2N2O/c16-11-7-5-10(6-8-11)9-19-15(20)13-4-2-1-3-12(13)14(17)18-19/h1-8H,9H2. The normalized spacial score (nSPS) is 10.9. The van der Waals surface area contributed by atoms with Gasteiger partial charge in [0.1, 0.15) is 0 Å². The highest BCUT2D eigenvalue weighted by atomic mass is 35.5. The number of hydrogen-bond acceptors (Lipinski definition) is 2. The van der Waals surface area contributed by atoms with Crippen LogP contribution < -0.4 is 5.56 Å². The Hall–Kier alpha value is -1.84. The number of fused-ring (bicyclic) bond motifs is 1. The Morgan fingerprint density at radius 3 is 2.30 bits per heavy atom. The molecule has 100 valence electrons. The van der Waals surface area contributed by atoms with Gasteiger partial charge in [0.05, 0.1) is 11.9 Å². The summed E-state index contributed by atoms with van der Waals surface area (Å²) in [6.45, 7) is 0.362. The molecule has 1 heterocycles. The molecule has 0 atom stereocenters. The van der Waals surface area contributed by atoms with E-state index >= 15 is 0 Å². The van der Waals surface area contributed by atoms with Crippen molar-refractivity contribution < 1.29 is 0 Å². The summed E-state index contributed by atoms with van der Waals surface area (Å²) in [6.07, 6.45) is 0. The molecule has 0 bridgehead atoms. The molecule has 0 amide bonds. The molecule has 3 aromatic rings. The van der Waals surface area contributed by atoms with Crippen LogP contribution in [0, 0.1) is 0 Å². The van der Waals surface area contributed by atoms with Gasteiger partial charge in [-0.25, -0.2) is 4.68 Å². The molecular weight excluding hydrogens is 295 g/mol. The van der Waals surface area contributed by atoms with E-state index in [0.29, 0.717) is 27.5 Å². The molecule has 0 N–H and O–H groups in total. The molecule has 1 aromatic heterocycles. The lowest BCUT2D eigenvalue weighted by Gasteiger charge is -2.07. The second-order valence-corrected chi connectivity index (χ2v) is 5.22. The van der Waals surface area contributed by atoms with Crippen molar-refractivity contribution in [2.24, 2.45) is 0 Å². The van der Waals surface area contributed by atoms with Crippen LogP contribution >= 0.6 is 23.2 Å². The Kier molecular flexibility index (Phi) is 3.47. The predicted octanol–water partition coefficient (Wildman–Crippen LogP) is 3.75. The SMILES string of the molecule is O=c1c2ccccc2c(Cl)nn1Cc1ccc(Cl)cc1. The van der Waals surface area contributed by atoms with Crippen LogP contribution in [0.3, 0.4) is 0 Å². The van der Waals surface area contributed by atoms with Crippen molar-refractivity contribution in [2.75, 3.05) is 0 Å². The zero-order valence-corrected chi connectivity index (χ0v) is 11.9. The Balaban J connectivity index is 2.10. The predicted molar refractivity (Wildman–Crippen MR) is 81.6 cm³/mol. The molecule has 0 aliphatic carbocycles. The van der Waals surface area contributed by atoms with E-state index in [4.69, 9.17) is 23.2 Å². The van der Waals surface area contributed by atoms with Crippen molar-refractivity contribution >= 4 is 34.0 Å². The average Bonchev–Trinajstić information content (AvgIpc) is 2.47. The van der Waals surface area contributed by atoms with E-state index in [2.05, 4.69) is 5.10 Å². The number of aromatic nitrogens is 2. The molecule has 5 heteroatoms. The maximum Gasteiger partial charge on any atom is 0.275 e. The Morgan fingerprint density at radius 2 is 1.60 bits per heavy atom. The Morgan fingerprint density at radius 1 is 0.950 bits per heavy atom. The summed E-state index contributed by atoms with van der Waals surface area (Å²) in [5.41, 5.74) is 0.787. The van der Waals surface area contributed by atoms with E-state index in [1.807, 2.05) is 24.3 Å². The van der Waals surface area contributed by atoms with Crippen LogP contribution in [0.15, 0.2) is 53.3 Å². The van der Waals surface area contributed by atoms with Gasteiger partial charge in [-0.05, 0) is 23.8 Å². The minimum atomic E-state index is -0.153. The highest BCUT2D eigenvalue weighted by Crippen LogP contribution is 2.18. The molecule has 0 saturated heterocycles. The molecule has 0 fully saturated rings. The Labute approximate surface area is 125 Å². The van der Waals surface area contributed by atoms with Gasteiger partial charge in [0.2, 0.25) is 0 Å². The summed E-state index contributed by atoms with van der Waals surface area (Å²) in [5, 5.41) is 6.38. The van der Waals surface area contributed by atoms with Gasteiger partial charge in [0.25, 0.3) is 5.56 Å². The van der Waals surface area contributed by atoms with Crippen molar-refractivity contribution in [2.45, 2.75) is 6.54 Å². The number of halogens is 2. The van der Waals surface area contributed by atoms with Gasteiger partial charge in [-0.1, -0.05) is 53.5 Å². The smallest absolute Gasteiger partial charge is 0.267 e. The highest BCUT2D eigenvalue weighted by molar-refractivity contribution is 6.34. The lowest BCUT2D eigenvalue weighted by Crippen LogP contribution is -2.23. The van der Waals surface area contributed by atoms with E-state index < -0.39 is 0 Å². The first-order chi connectivity index (χ1) is 9.65. The molecule has 0 saturated carbocycles. The minimum absolute atomic E-state index is 0.153. The van der Waals surface area contributed by atoms with E-state index in [1.165, 1.54) is 4.68 Å². The molecule has 2 aromatic carbocycles. The second kappa shape index (κ2) is 5.27. The average molecular weight is 305 g/mol. The van der Waals surface area contributed by atoms with Crippen LogP contribution in [0.5, 0.6) is 0 Å². The molecule has 0 radical (unpaired) electrons. The molecule has 0 aliphatic rings. The van der Waals surface area contributed by atoms with Crippen molar-refractivity contribution in [3.8, 4) is 0 Å². The second-order valence-electron chi connectivity index (χ2n) is 4.43. The van der Waals surface area contributed by atoms with E-state index in [9.17, 15) is 4.79 Å². The van der Waals surface area contributed by atoms with Gasteiger partial charge in [0, 0.05) is 10.4 Å². The van der Waals surface area contributed by atoms with E-state index in [-0.39, 0.29) is 5.56 Å². The number of benzene rings is 2. The molecule has 0 spiro atoms. The monoisotopic (exact) mass is 304 g/mol. The lowest BCUT2D eigenvalue weighted by atomic mass is 10.2. The van der Waals surface area contributed by atoms with Crippen LogP contribution in [-0.2, 0) is 6.54 Å². The first-order valence-corrected chi connectivity index (χ1v) is 6.80. The minimum Gasteiger partial charge on any atom is -0.267 e. The van der Waals surface area contributed by atoms with Crippen LogP contribution in [0.4, 0.5) is 0 Å². The van der Waals surface area contributed by atoms with Gasteiger partial charge < -0.3 is 0 Å². The van der Waals surface area contributed by atoms with Crippen molar-refractivity contribution in [3.63, 3.8) is 0 Å². The van der Waals surface area contributed by atoms with Crippen LogP contribution in [0.2, 0.25) is 10.2 Å². The summed E-state index contributed by atoms with van der Waals surface area (Å²) in [5.74, 6) is 0. The van der Waals surface area contributed by atoms with Gasteiger partial charge >= 0.3 is 0 Å². The van der Waals surface area contributed by atoms with E-state index in [0.717, 1.165) is 5.56 Å². The Bertz CT molecular complexity index is 825. The first kappa shape index (κ1) is 13.2. The van der Waals surface area contributed by atoms with Crippen LogP contribution in [-0.4, -0.2) is 9.78 Å². The van der Waals surface area contributed by atoms with Crippen LogP contribution in [0.1, 0.15) is 5.56 Å². The highest BCUT2D eigenvalue weighted by Gasteiger charge is 2.08. The van der Waals surface area contributed by atoms with Crippen molar-refractivity contribution in [1.29, 1.82) is 0 Å². The van der Waals surface area contributed by atoms with Crippen molar-refractivity contribution in [3.05, 3.63) is 74.6 Å². The molecule has 20 heavy (non-hydrogen) atoms. The summed E-state index contributed by atoms with van der Waals surface area (Å²) >= 11 is 12.0. The third kappa shape index (κ3) is 2.42. The summed E-state index contributed by atoms with van der Waals surface area (Å²) in [6, 6.07) is 14.5. The zero-order valence-electron chi connectivity index (χ0n) is 10.4. The number of rotatable bonds is 2. The molecular formula is C15H10Cl2N2O. The fourth-order valence-corrected chi connectivity index (χ4v) is 2.45. The van der Waals surface area contributed by atoms with Gasteiger partial charge in [-0.15, -0.1) is 0 Å². The summed E-state index contributed by atoms with van der Waals surface area (Å²) in [4.78, 5) is 12.4. The molecule has 0 unspecified atom stereocenters. The van der Waals surface area contributed by atoms with Gasteiger partial charge in [0.15, 0.2) is 5.15 Å². The molecule has 3 nitrogen and oxygen atoms in total. The summed E-state index contributed by atoms with van der Waals surface area (Å²) in [7, 11) is 0. The third-order valence-electron chi connectivity index (χ3n) is 3.07. The fraction of sp³-hybridized carbons (Fsp3) is 0.0667. The third-order valence-corrected chi connectivity index (χ3v) is 3.60. The van der Waals surface area contributed by atoms with Gasteiger partial charge in [-0.3, -0.25) is 4.79 Å².